The summed E-state index contributed by atoms with van der Waals surface area (Å²) in [6.45, 7) is 0.192. The van der Waals surface area contributed by atoms with Gasteiger partial charge in [-0.1, -0.05) is 18.2 Å². The van der Waals surface area contributed by atoms with Crippen molar-refractivity contribution >= 4 is 19.9 Å². The van der Waals surface area contributed by atoms with Crippen LogP contribution in [-0.2, 0) is 26.3 Å². The second-order valence-corrected chi connectivity index (χ2v) is 9.51. The van der Waals surface area contributed by atoms with Gasteiger partial charge in [0.25, 0.3) is 0 Å². The maximum absolute atomic E-state index is 12.9. The molecule has 0 spiro atoms. The van der Waals surface area contributed by atoms with Crippen molar-refractivity contribution < 1.29 is 21.2 Å². The van der Waals surface area contributed by atoms with Crippen LogP contribution in [0.15, 0.2) is 58.3 Å². The topological polar surface area (TPSA) is 71.5 Å². The van der Waals surface area contributed by atoms with Crippen molar-refractivity contribution in [3.63, 3.8) is 0 Å². The number of nitrogens with zero attached hydrogens (tertiary/aromatic N) is 1. The third kappa shape index (κ3) is 4.40. The van der Waals surface area contributed by atoms with Crippen molar-refractivity contribution in [1.29, 1.82) is 0 Å². The van der Waals surface area contributed by atoms with Crippen LogP contribution in [-0.4, -0.2) is 41.0 Å². The highest BCUT2D eigenvalue weighted by Gasteiger charge is 2.22. The SMILES string of the molecule is CN(CCc1ccc(F)cc1)S(=O)(=O)c1cccc(S(C)(=O)=O)c1. The van der Waals surface area contributed by atoms with Crippen molar-refractivity contribution in [3.05, 3.63) is 59.9 Å². The standard InChI is InChI=1S/C16H18FNO4S2/c1-18(11-10-13-6-8-14(17)9-7-13)24(21,22)16-5-3-4-15(12-16)23(2,19)20/h3-9,12H,10-11H2,1-2H3. The Kier molecular flexibility index (Phi) is 5.42. The maximum Gasteiger partial charge on any atom is 0.242 e. The molecule has 0 atom stereocenters. The summed E-state index contributed by atoms with van der Waals surface area (Å²) >= 11 is 0. The van der Waals surface area contributed by atoms with Crippen LogP contribution in [0.2, 0.25) is 0 Å². The normalized spacial score (nSPS) is 12.5. The Morgan fingerprint density at radius 1 is 0.958 bits per heavy atom. The summed E-state index contributed by atoms with van der Waals surface area (Å²) in [5, 5.41) is 0. The van der Waals surface area contributed by atoms with Crippen LogP contribution in [0.25, 0.3) is 0 Å². The molecular formula is C16H18FNO4S2. The number of rotatable bonds is 6. The molecule has 0 saturated carbocycles. The van der Waals surface area contributed by atoms with E-state index < -0.39 is 19.9 Å². The van der Waals surface area contributed by atoms with E-state index in [1.807, 2.05) is 0 Å². The highest BCUT2D eigenvalue weighted by molar-refractivity contribution is 7.91. The highest BCUT2D eigenvalue weighted by atomic mass is 32.2. The molecule has 0 fully saturated rings. The number of hydrogen-bond donors (Lipinski definition) is 0. The lowest BCUT2D eigenvalue weighted by Gasteiger charge is -2.17. The molecule has 0 aliphatic heterocycles. The Balaban J connectivity index is 2.18. The maximum atomic E-state index is 12.9. The average Bonchev–Trinajstić information content (AvgIpc) is 2.53. The predicted octanol–water partition coefficient (Wildman–Crippen LogP) is 2.09. The molecular weight excluding hydrogens is 353 g/mol. The lowest BCUT2D eigenvalue weighted by atomic mass is 10.1. The molecule has 5 nitrogen and oxygen atoms in total. The quantitative estimate of drug-likeness (QED) is 0.780. The van der Waals surface area contributed by atoms with E-state index in [4.69, 9.17) is 0 Å². The predicted molar refractivity (Wildman–Crippen MR) is 89.5 cm³/mol. The van der Waals surface area contributed by atoms with Crippen LogP contribution in [0.3, 0.4) is 0 Å². The van der Waals surface area contributed by atoms with E-state index in [0.29, 0.717) is 6.42 Å². The second-order valence-electron chi connectivity index (χ2n) is 5.45. The zero-order chi connectivity index (χ0) is 18.0. The molecule has 130 valence electrons. The Labute approximate surface area is 141 Å². The molecule has 0 bridgehead atoms. The second kappa shape index (κ2) is 7.00. The Morgan fingerprint density at radius 3 is 2.12 bits per heavy atom. The monoisotopic (exact) mass is 371 g/mol. The zero-order valence-electron chi connectivity index (χ0n) is 13.3. The van der Waals surface area contributed by atoms with E-state index in [0.717, 1.165) is 22.2 Å². The van der Waals surface area contributed by atoms with E-state index in [9.17, 15) is 21.2 Å². The van der Waals surface area contributed by atoms with Gasteiger partial charge in [0, 0.05) is 19.8 Å². The number of likely N-dealkylation sites (N-methyl/N-ethyl adjacent to an activating group) is 1. The minimum atomic E-state index is -3.81. The molecule has 2 aromatic carbocycles. The summed E-state index contributed by atoms with van der Waals surface area (Å²) in [5.41, 5.74) is 0.809. The van der Waals surface area contributed by atoms with Crippen LogP contribution >= 0.6 is 0 Å². The first-order valence-corrected chi connectivity index (χ1v) is 10.4. The summed E-state index contributed by atoms with van der Waals surface area (Å²) in [5.74, 6) is -0.350. The number of sulfone groups is 1. The van der Waals surface area contributed by atoms with Gasteiger partial charge in [-0.2, -0.15) is 0 Å². The van der Waals surface area contributed by atoms with E-state index >= 15 is 0 Å². The van der Waals surface area contributed by atoms with Gasteiger partial charge in [-0.15, -0.1) is 0 Å². The van der Waals surface area contributed by atoms with Crippen molar-refractivity contribution in [2.75, 3.05) is 19.8 Å². The molecule has 0 saturated heterocycles. The van der Waals surface area contributed by atoms with Gasteiger partial charge in [0.1, 0.15) is 5.82 Å². The highest BCUT2D eigenvalue weighted by Crippen LogP contribution is 2.19. The van der Waals surface area contributed by atoms with Crippen LogP contribution < -0.4 is 0 Å². The van der Waals surface area contributed by atoms with Crippen molar-refractivity contribution in [2.45, 2.75) is 16.2 Å². The van der Waals surface area contributed by atoms with Gasteiger partial charge in [-0.05, 0) is 42.3 Å². The molecule has 0 aliphatic carbocycles. The molecule has 2 aromatic rings. The van der Waals surface area contributed by atoms with Gasteiger partial charge in [0.15, 0.2) is 9.84 Å². The third-order valence-electron chi connectivity index (χ3n) is 3.57. The zero-order valence-corrected chi connectivity index (χ0v) is 14.9. The van der Waals surface area contributed by atoms with Crippen molar-refractivity contribution in [2.24, 2.45) is 0 Å². The lowest BCUT2D eigenvalue weighted by Crippen LogP contribution is -2.29. The summed E-state index contributed by atoms with van der Waals surface area (Å²) < 4.78 is 62.3. The summed E-state index contributed by atoms with van der Waals surface area (Å²) in [4.78, 5) is -0.123. The average molecular weight is 371 g/mol. The van der Waals surface area contributed by atoms with Crippen LogP contribution in [0, 0.1) is 5.82 Å². The third-order valence-corrected chi connectivity index (χ3v) is 6.53. The fourth-order valence-corrected chi connectivity index (χ4v) is 4.06. The fourth-order valence-electron chi connectivity index (χ4n) is 2.10. The van der Waals surface area contributed by atoms with Crippen LogP contribution in [0.1, 0.15) is 5.56 Å². The van der Waals surface area contributed by atoms with Gasteiger partial charge in [-0.25, -0.2) is 25.5 Å². The minimum absolute atomic E-state index is 0.0458. The van der Waals surface area contributed by atoms with Crippen molar-refractivity contribution in [1.82, 2.24) is 4.31 Å². The van der Waals surface area contributed by atoms with E-state index in [1.54, 1.807) is 12.1 Å². The molecule has 8 heteroatoms. The number of hydrogen-bond acceptors (Lipinski definition) is 4. The van der Waals surface area contributed by atoms with Gasteiger partial charge in [-0.3, -0.25) is 0 Å². The Bertz CT molecular complexity index is 923. The molecule has 0 radical (unpaired) electrons. The van der Waals surface area contributed by atoms with E-state index in [-0.39, 0.29) is 22.2 Å². The summed E-state index contributed by atoms with van der Waals surface area (Å²) in [6.07, 6.45) is 1.44. The molecule has 0 amide bonds. The van der Waals surface area contributed by atoms with Crippen LogP contribution in [0.5, 0.6) is 0 Å². The minimum Gasteiger partial charge on any atom is -0.224 e. The Morgan fingerprint density at radius 2 is 1.54 bits per heavy atom. The summed E-state index contributed by atoms with van der Waals surface area (Å²) in [7, 11) is -5.87. The van der Waals surface area contributed by atoms with Gasteiger partial charge >= 0.3 is 0 Å². The van der Waals surface area contributed by atoms with Gasteiger partial charge in [0.05, 0.1) is 9.79 Å². The number of halogens is 1. The van der Waals surface area contributed by atoms with E-state index in [2.05, 4.69) is 0 Å². The van der Waals surface area contributed by atoms with Gasteiger partial charge < -0.3 is 0 Å². The van der Waals surface area contributed by atoms with Crippen molar-refractivity contribution in [3.8, 4) is 0 Å². The first-order valence-electron chi connectivity index (χ1n) is 7.11. The molecule has 2 rings (SSSR count). The first kappa shape index (κ1) is 18.6. The molecule has 0 heterocycles. The molecule has 0 unspecified atom stereocenters. The summed E-state index contributed by atoms with van der Waals surface area (Å²) in [6, 6.07) is 11.1. The van der Waals surface area contributed by atoms with Crippen LogP contribution in [0.4, 0.5) is 4.39 Å². The molecule has 0 N–H and O–H groups in total. The lowest BCUT2D eigenvalue weighted by molar-refractivity contribution is 0.472. The smallest absolute Gasteiger partial charge is 0.224 e. The number of sulfonamides is 1. The largest absolute Gasteiger partial charge is 0.242 e. The molecule has 24 heavy (non-hydrogen) atoms. The van der Waals surface area contributed by atoms with E-state index in [1.165, 1.54) is 37.4 Å². The first-order chi connectivity index (χ1) is 11.1. The Hall–Kier alpha value is -1.77. The molecule has 0 aromatic heterocycles. The fraction of sp³-hybridized carbons (Fsp3) is 0.250. The number of benzene rings is 2. The molecule has 0 aliphatic rings. The van der Waals surface area contributed by atoms with Gasteiger partial charge in [0.2, 0.25) is 10.0 Å².